The zero-order chi connectivity index (χ0) is 20.1. The summed E-state index contributed by atoms with van der Waals surface area (Å²) in [5.41, 5.74) is 5.63. The van der Waals surface area contributed by atoms with Crippen LogP contribution in [-0.4, -0.2) is 16.7 Å². The topological polar surface area (TPSA) is 61.7 Å². The number of rotatable bonds is 5. The number of phenols is 1. The number of benzene rings is 4. The molecule has 0 aliphatic heterocycles. The lowest BCUT2D eigenvalue weighted by Crippen LogP contribution is -2.21. The van der Waals surface area contributed by atoms with Crippen LogP contribution in [0.4, 0.5) is 0 Å². The van der Waals surface area contributed by atoms with Crippen molar-refractivity contribution in [2.75, 3.05) is 0 Å². The summed E-state index contributed by atoms with van der Waals surface area (Å²) in [4.78, 5) is 12.9. The van der Waals surface area contributed by atoms with Gasteiger partial charge in [0.2, 0.25) is 0 Å². The Hall–Kier alpha value is -3.92. The first-order chi connectivity index (χ1) is 14.2. The van der Waals surface area contributed by atoms with E-state index in [9.17, 15) is 9.90 Å². The number of fused-ring (bicyclic) bond motifs is 1. The highest BCUT2D eigenvalue weighted by Crippen LogP contribution is 2.27. The average Bonchev–Trinajstić information content (AvgIpc) is 2.77. The number of carbonyl (C=O) groups excluding carboxylic acids is 1. The Morgan fingerprint density at radius 2 is 1.45 bits per heavy atom. The van der Waals surface area contributed by atoms with E-state index in [2.05, 4.69) is 10.5 Å². The summed E-state index contributed by atoms with van der Waals surface area (Å²) >= 11 is 0. The van der Waals surface area contributed by atoms with Crippen LogP contribution in [0.3, 0.4) is 0 Å². The molecule has 0 saturated heterocycles. The van der Waals surface area contributed by atoms with Crippen molar-refractivity contribution in [3.63, 3.8) is 0 Å². The van der Waals surface area contributed by atoms with Gasteiger partial charge in [-0.1, -0.05) is 91.0 Å². The van der Waals surface area contributed by atoms with E-state index < -0.39 is 5.91 Å². The predicted molar refractivity (Wildman–Crippen MR) is 116 cm³/mol. The second-order valence-corrected chi connectivity index (χ2v) is 6.71. The molecule has 2 N–H and O–H groups in total. The fourth-order valence-corrected chi connectivity index (χ4v) is 3.30. The van der Waals surface area contributed by atoms with E-state index in [0.717, 1.165) is 22.2 Å². The number of hydrogen-bond acceptors (Lipinski definition) is 3. The van der Waals surface area contributed by atoms with Gasteiger partial charge in [0.15, 0.2) is 0 Å². The third-order valence-electron chi connectivity index (χ3n) is 4.75. The molecule has 4 nitrogen and oxygen atoms in total. The number of amides is 1. The molecule has 0 heterocycles. The minimum Gasteiger partial charge on any atom is -0.507 e. The van der Waals surface area contributed by atoms with E-state index in [4.69, 9.17) is 0 Å². The number of nitrogens with one attached hydrogen (secondary N) is 1. The second kappa shape index (κ2) is 8.40. The maximum Gasteiger partial charge on any atom is 0.275 e. The lowest BCUT2D eigenvalue weighted by molar-refractivity contribution is 0.0954. The highest BCUT2D eigenvalue weighted by Gasteiger charge is 2.15. The molecule has 0 bridgehead atoms. The highest BCUT2D eigenvalue weighted by atomic mass is 16.3. The van der Waals surface area contributed by atoms with Crippen LogP contribution in [0, 0.1) is 0 Å². The summed E-state index contributed by atoms with van der Waals surface area (Å²) in [7, 11) is 0. The molecular weight excluding hydrogens is 360 g/mol. The third-order valence-corrected chi connectivity index (χ3v) is 4.75. The zero-order valence-electron chi connectivity index (χ0n) is 15.7. The van der Waals surface area contributed by atoms with Crippen LogP contribution in [0.1, 0.15) is 21.5 Å². The van der Waals surface area contributed by atoms with Gasteiger partial charge in [-0.05, 0) is 28.0 Å². The number of hydrazone groups is 1. The Labute approximate surface area is 169 Å². The maximum absolute atomic E-state index is 12.9. The summed E-state index contributed by atoms with van der Waals surface area (Å²) in [6.45, 7) is 0. The largest absolute Gasteiger partial charge is 0.507 e. The Kier molecular flexibility index (Phi) is 5.34. The lowest BCUT2D eigenvalue weighted by Gasteiger charge is -2.10. The summed E-state index contributed by atoms with van der Waals surface area (Å²) < 4.78 is 0. The minimum absolute atomic E-state index is 0.0688. The first-order valence-corrected chi connectivity index (χ1v) is 9.39. The molecule has 0 radical (unpaired) electrons. The van der Waals surface area contributed by atoms with E-state index in [1.807, 2.05) is 84.9 Å². The summed E-state index contributed by atoms with van der Waals surface area (Å²) in [5.74, 6) is -0.512. The highest BCUT2D eigenvalue weighted by molar-refractivity contribution is 6.10. The molecule has 29 heavy (non-hydrogen) atoms. The molecule has 4 heteroatoms. The molecule has 4 rings (SSSR count). The third kappa shape index (κ3) is 4.17. The van der Waals surface area contributed by atoms with E-state index in [1.165, 1.54) is 6.07 Å². The van der Waals surface area contributed by atoms with Crippen molar-refractivity contribution in [3.05, 3.63) is 114 Å². The van der Waals surface area contributed by atoms with Gasteiger partial charge in [0.25, 0.3) is 5.91 Å². The van der Waals surface area contributed by atoms with Gasteiger partial charge in [-0.3, -0.25) is 4.79 Å². The van der Waals surface area contributed by atoms with E-state index in [-0.39, 0.29) is 11.3 Å². The molecule has 4 aromatic carbocycles. The van der Waals surface area contributed by atoms with Gasteiger partial charge in [-0.15, -0.1) is 0 Å². The Bertz CT molecular complexity index is 1170. The Morgan fingerprint density at radius 3 is 2.21 bits per heavy atom. The Morgan fingerprint density at radius 1 is 0.793 bits per heavy atom. The molecule has 142 valence electrons. The van der Waals surface area contributed by atoms with Crippen molar-refractivity contribution in [3.8, 4) is 5.75 Å². The van der Waals surface area contributed by atoms with Crippen LogP contribution < -0.4 is 5.43 Å². The molecule has 1 amide bonds. The SMILES string of the molecule is O=C(N/N=C(\Cc1ccccc1)c1ccccc1)c1c(O)ccc2ccccc12. The van der Waals surface area contributed by atoms with E-state index >= 15 is 0 Å². The van der Waals surface area contributed by atoms with Gasteiger partial charge in [0.1, 0.15) is 5.75 Å². The monoisotopic (exact) mass is 380 g/mol. The van der Waals surface area contributed by atoms with E-state index in [1.54, 1.807) is 6.07 Å². The first kappa shape index (κ1) is 18.4. The quantitative estimate of drug-likeness (QED) is 0.381. The first-order valence-electron chi connectivity index (χ1n) is 9.39. The van der Waals surface area contributed by atoms with Gasteiger partial charge in [-0.2, -0.15) is 5.10 Å². The van der Waals surface area contributed by atoms with E-state index in [0.29, 0.717) is 11.8 Å². The number of phenolic OH excluding ortho intramolecular Hbond substituents is 1. The molecule has 0 spiro atoms. The van der Waals surface area contributed by atoms with Crippen molar-refractivity contribution in [2.24, 2.45) is 5.10 Å². The minimum atomic E-state index is -0.444. The summed E-state index contributed by atoms with van der Waals surface area (Å²) in [6.07, 6.45) is 0.576. The average molecular weight is 380 g/mol. The number of aromatic hydroxyl groups is 1. The molecule has 0 unspecified atom stereocenters. The zero-order valence-corrected chi connectivity index (χ0v) is 15.7. The van der Waals surface area contributed by atoms with Crippen LogP contribution in [0.5, 0.6) is 5.75 Å². The van der Waals surface area contributed by atoms with Crippen molar-refractivity contribution >= 4 is 22.4 Å². The fourth-order valence-electron chi connectivity index (χ4n) is 3.30. The lowest BCUT2D eigenvalue weighted by atomic mass is 10.0. The molecule has 0 saturated carbocycles. The van der Waals surface area contributed by atoms with Crippen molar-refractivity contribution in [1.82, 2.24) is 5.43 Å². The molecule has 0 aliphatic rings. The van der Waals surface area contributed by atoms with Crippen LogP contribution in [0.2, 0.25) is 0 Å². The second-order valence-electron chi connectivity index (χ2n) is 6.71. The Balaban J connectivity index is 1.67. The molecule has 0 aromatic heterocycles. The smallest absolute Gasteiger partial charge is 0.275 e. The van der Waals surface area contributed by atoms with Crippen LogP contribution >= 0.6 is 0 Å². The van der Waals surface area contributed by atoms with Gasteiger partial charge in [0.05, 0.1) is 11.3 Å². The molecule has 0 atom stereocenters. The standard InChI is InChI=1S/C25H20N2O2/c28-23-16-15-19-11-7-8-14-21(19)24(23)25(29)27-26-22(20-12-5-2-6-13-20)17-18-9-3-1-4-10-18/h1-16,28H,17H2,(H,27,29)/b26-22+. The molecule has 0 fully saturated rings. The number of hydrogen-bond donors (Lipinski definition) is 2. The van der Waals surface area contributed by atoms with Crippen LogP contribution in [0.25, 0.3) is 10.8 Å². The van der Waals surface area contributed by atoms with Gasteiger partial charge < -0.3 is 5.11 Å². The number of nitrogens with zero attached hydrogens (tertiary/aromatic N) is 1. The normalized spacial score (nSPS) is 11.4. The van der Waals surface area contributed by atoms with Gasteiger partial charge >= 0.3 is 0 Å². The van der Waals surface area contributed by atoms with Gasteiger partial charge in [-0.25, -0.2) is 5.43 Å². The van der Waals surface area contributed by atoms with Crippen molar-refractivity contribution in [1.29, 1.82) is 0 Å². The van der Waals surface area contributed by atoms with Crippen molar-refractivity contribution in [2.45, 2.75) is 6.42 Å². The van der Waals surface area contributed by atoms with Crippen LogP contribution in [0.15, 0.2) is 102 Å². The summed E-state index contributed by atoms with van der Waals surface area (Å²) in [6, 6.07) is 30.5. The molecular formula is C25H20N2O2. The molecule has 0 aliphatic carbocycles. The van der Waals surface area contributed by atoms with Crippen molar-refractivity contribution < 1.29 is 9.90 Å². The maximum atomic E-state index is 12.9. The number of carbonyl (C=O) groups is 1. The predicted octanol–water partition coefficient (Wildman–Crippen LogP) is 4.92. The molecule has 4 aromatic rings. The van der Waals surface area contributed by atoms with Crippen LogP contribution in [-0.2, 0) is 6.42 Å². The van der Waals surface area contributed by atoms with Gasteiger partial charge in [0, 0.05) is 6.42 Å². The fraction of sp³-hybridized carbons (Fsp3) is 0.0400. The summed E-state index contributed by atoms with van der Waals surface area (Å²) in [5, 5.41) is 16.3.